The van der Waals surface area contributed by atoms with Crippen molar-refractivity contribution in [1.82, 2.24) is 14.9 Å². The maximum absolute atomic E-state index is 12.4. The fraction of sp³-hybridized carbons (Fsp3) is 0.706. The van der Waals surface area contributed by atoms with Crippen LogP contribution in [0.25, 0.3) is 0 Å². The van der Waals surface area contributed by atoms with Gasteiger partial charge in [-0.3, -0.25) is 9.69 Å². The highest BCUT2D eigenvalue weighted by molar-refractivity contribution is 5.95. The Kier molecular flexibility index (Phi) is 4.71. The first-order valence-corrected chi connectivity index (χ1v) is 8.58. The number of piperidine rings is 1. The monoisotopic (exact) mass is 302 g/mol. The summed E-state index contributed by atoms with van der Waals surface area (Å²) in [6.45, 7) is 8.14. The summed E-state index contributed by atoms with van der Waals surface area (Å²) in [5.41, 5.74) is 2.20. The average Bonchev–Trinajstić information content (AvgIpc) is 2.54. The fourth-order valence-corrected chi connectivity index (χ4v) is 3.45. The molecule has 1 aromatic rings. The van der Waals surface area contributed by atoms with E-state index in [0.717, 1.165) is 61.9 Å². The molecule has 0 N–H and O–H groups in total. The molecule has 0 spiro atoms. The van der Waals surface area contributed by atoms with Crippen LogP contribution in [0.5, 0.6) is 0 Å². The third-order valence-electron chi connectivity index (χ3n) is 4.79. The number of nitrogens with zero attached hydrogens (tertiary/aromatic N) is 4. The summed E-state index contributed by atoms with van der Waals surface area (Å²) in [6.07, 6.45) is 6.08. The summed E-state index contributed by atoms with van der Waals surface area (Å²) < 4.78 is 0. The number of aromatic nitrogens is 2. The van der Waals surface area contributed by atoms with Gasteiger partial charge in [0.2, 0.25) is 5.91 Å². The molecule has 0 saturated carbocycles. The molecule has 1 fully saturated rings. The zero-order valence-corrected chi connectivity index (χ0v) is 13.8. The molecule has 5 nitrogen and oxygen atoms in total. The lowest BCUT2D eigenvalue weighted by Gasteiger charge is -2.33. The van der Waals surface area contributed by atoms with Crippen LogP contribution in [0.3, 0.4) is 0 Å². The van der Waals surface area contributed by atoms with Crippen LogP contribution in [0.1, 0.15) is 49.7 Å². The Balaban J connectivity index is 1.79. The predicted molar refractivity (Wildman–Crippen MR) is 87.1 cm³/mol. The molecule has 5 heteroatoms. The SMILES string of the molecule is CCc1nc(C)c2c(n1)N(CCN1CCCCC1)C(=O)CC2. The van der Waals surface area contributed by atoms with E-state index in [1.54, 1.807) is 0 Å². The first kappa shape index (κ1) is 15.4. The van der Waals surface area contributed by atoms with E-state index in [1.807, 2.05) is 11.8 Å². The largest absolute Gasteiger partial charge is 0.302 e. The third-order valence-corrected chi connectivity index (χ3v) is 4.79. The lowest BCUT2D eigenvalue weighted by atomic mass is 10.0. The van der Waals surface area contributed by atoms with Crippen LogP contribution in [-0.4, -0.2) is 47.0 Å². The Bertz CT molecular complexity index is 552. The van der Waals surface area contributed by atoms with Crippen LogP contribution in [0.15, 0.2) is 0 Å². The Hall–Kier alpha value is -1.49. The minimum absolute atomic E-state index is 0.213. The molecule has 1 aromatic heterocycles. The molecule has 0 radical (unpaired) electrons. The number of rotatable bonds is 4. The van der Waals surface area contributed by atoms with Crippen molar-refractivity contribution in [1.29, 1.82) is 0 Å². The van der Waals surface area contributed by atoms with Gasteiger partial charge in [-0.25, -0.2) is 9.97 Å². The van der Waals surface area contributed by atoms with Crippen LogP contribution in [0.2, 0.25) is 0 Å². The Morgan fingerprint density at radius 1 is 1.05 bits per heavy atom. The molecule has 2 aliphatic heterocycles. The molecule has 0 unspecified atom stereocenters. The van der Waals surface area contributed by atoms with Crippen molar-refractivity contribution in [2.24, 2.45) is 0 Å². The molecule has 0 bridgehead atoms. The first-order valence-electron chi connectivity index (χ1n) is 8.58. The Labute approximate surface area is 132 Å². The van der Waals surface area contributed by atoms with E-state index in [9.17, 15) is 4.79 Å². The Morgan fingerprint density at radius 2 is 1.82 bits per heavy atom. The summed E-state index contributed by atoms with van der Waals surface area (Å²) in [4.78, 5) is 26.0. The molecule has 0 atom stereocenters. The summed E-state index contributed by atoms with van der Waals surface area (Å²) in [5, 5.41) is 0. The van der Waals surface area contributed by atoms with Crippen molar-refractivity contribution in [3.63, 3.8) is 0 Å². The van der Waals surface area contributed by atoms with Gasteiger partial charge in [0.25, 0.3) is 0 Å². The van der Waals surface area contributed by atoms with Crippen LogP contribution in [0.4, 0.5) is 5.82 Å². The fourth-order valence-electron chi connectivity index (χ4n) is 3.45. The number of amides is 1. The molecule has 0 aliphatic carbocycles. The maximum atomic E-state index is 12.4. The summed E-state index contributed by atoms with van der Waals surface area (Å²) in [6, 6.07) is 0. The zero-order chi connectivity index (χ0) is 15.5. The second kappa shape index (κ2) is 6.73. The standard InChI is InChI=1S/C17H26N4O/c1-3-15-18-13(2)14-7-8-16(22)21(17(14)19-15)12-11-20-9-5-4-6-10-20/h3-12H2,1-2H3. The zero-order valence-electron chi connectivity index (χ0n) is 13.8. The normalized spacial score (nSPS) is 19.4. The molecular formula is C17H26N4O. The van der Waals surface area contributed by atoms with Gasteiger partial charge in [-0.05, 0) is 39.3 Å². The van der Waals surface area contributed by atoms with Crippen molar-refractivity contribution in [3.05, 3.63) is 17.1 Å². The quantitative estimate of drug-likeness (QED) is 0.855. The van der Waals surface area contributed by atoms with Gasteiger partial charge < -0.3 is 4.90 Å². The summed E-state index contributed by atoms with van der Waals surface area (Å²) >= 11 is 0. The van der Waals surface area contributed by atoms with E-state index in [4.69, 9.17) is 0 Å². The number of likely N-dealkylation sites (tertiary alicyclic amines) is 1. The number of aryl methyl sites for hydroxylation is 2. The topological polar surface area (TPSA) is 49.3 Å². The molecule has 1 amide bonds. The second-order valence-corrected chi connectivity index (χ2v) is 6.33. The number of anilines is 1. The highest BCUT2D eigenvalue weighted by Gasteiger charge is 2.28. The number of carbonyl (C=O) groups excluding carboxylic acids is 1. The molecule has 3 heterocycles. The first-order chi connectivity index (χ1) is 10.7. The van der Waals surface area contributed by atoms with E-state index in [2.05, 4.69) is 21.8 Å². The molecule has 0 aromatic carbocycles. The van der Waals surface area contributed by atoms with Gasteiger partial charge in [0.15, 0.2) is 0 Å². The van der Waals surface area contributed by atoms with Gasteiger partial charge in [0.05, 0.1) is 0 Å². The highest BCUT2D eigenvalue weighted by atomic mass is 16.2. The highest BCUT2D eigenvalue weighted by Crippen LogP contribution is 2.28. The van der Waals surface area contributed by atoms with E-state index in [-0.39, 0.29) is 5.91 Å². The average molecular weight is 302 g/mol. The van der Waals surface area contributed by atoms with Gasteiger partial charge in [-0.15, -0.1) is 0 Å². The minimum Gasteiger partial charge on any atom is -0.302 e. The van der Waals surface area contributed by atoms with E-state index < -0.39 is 0 Å². The lowest BCUT2D eigenvalue weighted by molar-refractivity contribution is -0.119. The minimum atomic E-state index is 0.213. The lowest BCUT2D eigenvalue weighted by Crippen LogP contribution is -2.43. The molecule has 1 saturated heterocycles. The van der Waals surface area contributed by atoms with E-state index in [0.29, 0.717) is 6.42 Å². The Morgan fingerprint density at radius 3 is 2.55 bits per heavy atom. The van der Waals surface area contributed by atoms with Gasteiger partial charge >= 0.3 is 0 Å². The van der Waals surface area contributed by atoms with Crippen LogP contribution in [0, 0.1) is 6.92 Å². The number of carbonyl (C=O) groups is 1. The summed E-state index contributed by atoms with van der Waals surface area (Å²) in [7, 11) is 0. The van der Waals surface area contributed by atoms with Gasteiger partial charge in [-0.2, -0.15) is 0 Å². The van der Waals surface area contributed by atoms with Gasteiger partial charge in [-0.1, -0.05) is 13.3 Å². The molecule has 120 valence electrons. The predicted octanol–water partition coefficient (Wildman–Crippen LogP) is 2.11. The smallest absolute Gasteiger partial charge is 0.228 e. The van der Waals surface area contributed by atoms with Crippen molar-refractivity contribution >= 4 is 11.7 Å². The maximum Gasteiger partial charge on any atom is 0.228 e. The molecular weight excluding hydrogens is 276 g/mol. The van der Waals surface area contributed by atoms with Gasteiger partial charge in [0.1, 0.15) is 11.6 Å². The third kappa shape index (κ3) is 3.14. The molecule has 2 aliphatic rings. The van der Waals surface area contributed by atoms with Crippen LogP contribution < -0.4 is 4.90 Å². The van der Waals surface area contributed by atoms with Crippen molar-refractivity contribution in [2.75, 3.05) is 31.1 Å². The van der Waals surface area contributed by atoms with Crippen molar-refractivity contribution in [2.45, 2.75) is 52.4 Å². The second-order valence-electron chi connectivity index (χ2n) is 6.33. The molecule has 22 heavy (non-hydrogen) atoms. The van der Waals surface area contributed by atoms with E-state index >= 15 is 0 Å². The number of hydrogen-bond acceptors (Lipinski definition) is 4. The van der Waals surface area contributed by atoms with E-state index in [1.165, 1.54) is 19.3 Å². The van der Waals surface area contributed by atoms with Gasteiger partial charge in [0, 0.05) is 37.2 Å². The number of fused-ring (bicyclic) bond motifs is 1. The van der Waals surface area contributed by atoms with Crippen molar-refractivity contribution < 1.29 is 4.79 Å². The van der Waals surface area contributed by atoms with Crippen LogP contribution >= 0.6 is 0 Å². The summed E-state index contributed by atoms with van der Waals surface area (Å²) in [5.74, 6) is 1.93. The number of hydrogen-bond donors (Lipinski definition) is 0. The van der Waals surface area contributed by atoms with Crippen molar-refractivity contribution in [3.8, 4) is 0 Å². The van der Waals surface area contributed by atoms with Crippen LogP contribution in [-0.2, 0) is 17.6 Å². The molecule has 3 rings (SSSR count).